The number of fused-ring (bicyclic) bond motifs is 1. The molecular weight excluding hydrogens is 339 g/mol. The van der Waals surface area contributed by atoms with Crippen LogP contribution in [0.2, 0.25) is 0 Å². The Morgan fingerprint density at radius 3 is 2.65 bits per heavy atom. The van der Waals surface area contributed by atoms with E-state index in [0.717, 1.165) is 6.07 Å². The number of hydrogen-bond donors (Lipinski definition) is 0. The molecule has 0 atom stereocenters. The Morgan fingerprint density at radius 1 is 1.15 bits per heavy atom. The van der Waals surface area contributed by atoms with Crippen molar-refractivity contribution in [1.82, 2.24) is 0 Å². The fraction of sp³-hybridized carbons (Fsp3) is 0.200. The summed E-state index contributed by atoms with van der Waals surface area (Å²) in [5, 5.41) is 0.710. The number of furan rings is 1. The van der Waals surface area contributed by atoms with Crippen molar-refractivity contribution in [2.24, 2.45) is 0 Å². The topological polar surface area (TPSA) is 65.7 Å². The van der Waals surface area contributed by atoms with Crippen LogP contribution in [0.25, 0.3) is 11.0 Å². The van der Waals surface area contributed by atoms with Gasteiger partial charge in [0.25, 0.3) is 0 Å². The highest BCUT2D eigenvalue weighted by Crippen LogP contribution is 2.29. The van der Waals surface area contributed by atoms with Crippen molar-refractivity contribution < 1.29 is 27.9 Å². The molecule has 0 fully saturated rings. The second-order valence-corrected chi connectivity index (χ2v) is 5.61. The summed E-state index contributed by atoms with van der Waals surface area (Å²) in [6.45, 7) is 3.22. The summed E-state index contributed by atoms with van der Waals surface area (Å²) in [5.74, 6) is -1.14. The van der Waals surface area contributed by atoms with E-state index in [1.165, 1.54) is 19.1 Å². The van der Waals surface area contributed by atoms with E-state index in [-0.39, 0.29) is 36.1 Å². The van der Waals surface area contributed by atoms with Crippen LogP contribution in [0.1, 0.15) is 40.3 Å². The van der Waals surface area contributed by atoms with E-state index >= 15 is 0 Å². The highest BCUT2D eigenvalue weighted by Gasteiger charge is 2.22. The molecule has 1 aromatic heterocycles. The van der Waals surface area contributed by atoms with E-state index in [4.69, 9.17) is 13.9 Å². The van der Waals surface area contributed by atoms with E-state index in [9.17, 15) is 14.0 Å². The summed E-state index contributed by atoms with van der Waals surface area (Å²) in [4.78, 5) is 23.9. The van der Waals surface area contributed by atoms with Gasteiger partial charge in [-0.1, -0.05) is 18.2 Å². The summed E-state index contributed by atoms with van der Waals surface area (Å²) < 4.78 is 29.8. The van der Waals surface area contributed by atoms with Gasteiger partial charge in [-0.2, -0.15) is 0 Å². The third-order valence-electron chi connectivity index (χ3n) is 3.85. The molecule has 3 rings (SSSR count). The standard InChI is InChI=1S/C20H17FO5/c1-3-24-20(23)19-16(14-6-4-5-7-18(14)26-19)11-25-17-9-8-13(21)10-15(17)12(2)22/h4-10H,3,11H2,1-2H3. The molecule has 0 bridgehead atoms. The summed E-state index contributed by atoms with van der Waals surface area (Å²) in [7, 11) is 0. The van der Waals surface area contributed by atoms with Crippen LogP contribution in [0.3, 0.4) is 0 Å². The molecule has 0 aliphatic heterocycles. The van der Waals surface area contributed by atoms with Crippen molar-refractivity contribution in [1.29, 1.82) is 0 Å². The lowest BCUT2D eigenvalue weighted by molar-refractivity contribution is 0.0488. The Bertz CT molecular complexity index is 973. The summed E-state index contributed by atoms with van der Waals surface area (Å²) in [5.41, 5.74) is 1.17. The third kappa shape index (κ3) is 3.44. The number of para-hydroxylation sites is 1. The first-order chi connectivity index (χ1) is 12.5. The smallest absolute Gasteiger partial charge is 0.374 e. The van der Waals surface area contributed by atoms with Crippen molar-refractivity contribution >= 4 is 22.7 Å². The third-order valence-corrected chi connectivity index (χ3v) is 3.85. The number of carbonyl (C=O) groups is 2. The zero-order valence-electron chi connectivity index (χ0n) is 14.4. The van der Waals surface area contributed by atoms with Gasteiger partial charge in [0.1, 0.15) is 23.8 Å². The van der Waals surface area contributed by atoms with Gasteiger partial charge in [-0.05, 0) is 38.1 Å². The van der Waals surface area contributed by atoms with E-state index in [0.29, 0.717) is 16.5 Å². The predicted octanol–water partition coefficient (Wildman–Crippen LogP) is 4.53. The van der Waals surface area contributed by atoms with Crippen LogP contribution >= 0.6 is 0 Å². The molecule has 0 saturated carbocycles. The lowest BCUT2D eigenvalue weighted by Gasteiger charge is -2.10. The molecule has 0 aliphatic rings. The quantitative estimate of drug-likeness (QED) is 0.479. The number of ketones is 1. The molecule has 0 amide bonds. The number of rotatable bonds is 6. The molecule has 26 heavy (non-hydrogen) atoms. The normalized spacial score (nSPS) is 10.7. The van der Waals surface area contributed by atoms with Crippen molar-refractivity contribution in [3.05, 3.63) is 65.2 Å². The molecule has 134 valence electrons. The average molecular weight is 356 g/mol. The Morgan fingerprint density at radius 2 is 1.92 bits per heavy atom. The van der Waals surface area contributed by atoms with Gasteiger partial charge in [-0.25, -0.2) is 9.18 Å². The largest absolute Gasteiger partial charge is 0.488 e. The molecule has 0 unspecified atom stereocenters. The summed E-state index contributed by atoms with van der Waals surface area (Å²) in [6, 6.07) is 10.9. The van der Waals surface area contributed by atoms with Crippen molar-refractivity contribution in [3.63, 3.8) is 0 Å². The number of esters is 1. The molecule has 0 radical (unpaired) electrons. The first kappa shape index (κ1) is 17.7. The number of ether oxygens (including phenoxy) is 2. The summed E-state index contributed by atoms with van der Waals surface area (Å²) >= 11 is 0. The van der Waals surface area contributed by atoms with Gasteiger partial charge in [0.2, 0.25) is 5.76 Å². The maximum atomic E-state index is 13.4. The lowest BCUT2D eigenvalue weighted by Crippen LogP contribution is -2.09. The molecule has 0 N–H and O–H groups in total. The van der Waals surface area contributed by atoms with Crippen LogP contribution in [0.15, 0.2) is 46.9 Å². The van der Waals surface area contributed by atoms with Crippen LogP contribution in [-0.2, 0) is 11.3 Å². The molecule has 3 aromatic rings. The monoisotopic (exact) mass is 356 g/mol. The molecule has 0 spiro atoms. The lowest BCUT2D eigenvalue weighted by atomic mass is 10.1. The summed E-state index contributed by atoms with van der Waals surface area (Å²) in [6.07, 6.45) is 0. The van der Waals surface area contributed by atoms with Crippen molar-refractivity contribution in [2.75, 3.05) is 6.61 Å². The zero-order chi connectivity index (χ0) is 18.7. The average Bonchev–Trinajstić information content (AvgIpc) is 2.99. The SMILES string of the molecule is CCOC(=O)c1oc2ccccc2c1COc1ccc(F)cc1C(C)=O. The molecule has 5 nitrogen and oxygen atoms in total. The minimum atomic E-state index is -0.590. The highest BCUT2D eigenvalue weighted by molar-refractivity contribution is 5.97. The van der Waals surface area contributed by atoms with Gasteiger partial charge in [-0.15, -0.1) is 0 Å². The van der Waals surface area contributed by atoms with Crippen LogP contribution in [0.5, 0.6) is 5.75 Å². The second-order valence-electron chi connectivity index (χ2n) is 5.61. The first-order valence-electron chi connectivity index (χ1n) is 8.12. The van der Waals surface area contributed by atoms with Gasteiger partial charge in [0, 0.05) is 5.39 Å². The second kappa shape index (κ2) is 7.39. The van der Waals surface area contributed by atoms with E-state index in [1.807, 2.05) is 6.07 Å². The minimum absolute atomic E-state index is 0.0307. The molecule has 1 heterocycles. The minimum Gasteiger partial charge on any atom is -0.488 e. The number of benzene rings is 2. The first-order valence-corrected chi connectivity index (χ1v) is 8.12. The number of Topliss-reactive ketones (excluding diaryl/α,β-unsaturated/α-hetero) is 1. The molecule has 0 aliphatic carbocycles. The van der Waals surface area contributed by atoms with Crippen LogP contribution in [0, 0.1) is 5.82 Å². The zero-order valence-corrected chi connectivity index (χ0v) is 14.4. The number of hydrogen-bond acceptors (Lipinski definition) is 5. The fourth-order valence-corrected chi connectivity index (χ4v) is 2.66. The number of halogens is 1. The predicted molar refractivity (Wildman–Crippen MR) is 92.9 cm³/mol. The van der Waals surface area contributed by atoms with E-state index < -0.39 is 11.8 Å². The molecule has 2 aromatic carbocycles. The molecular formula is C20H17FO5. The van der Waals surface area contributed by atoms with Gasteiger partial charge >= 0.3 is 5.97 Å². The van der Waals surface area contributed by atoms with Gasteiger partial charge in [-0.3, -0.25) is 4.79 Å². The van der Waals surface area contributed by atoms with E-state index in [2.05, 4.69) is 0 Å². The van der Waals surface area contributed by atoms with Crippen molar-refractivity contribution in [3.8, 4) is 5.75 Å². The Labute approximate surface area is 149 Å². The Hall–Kier alpha value is -3.15. The van der Waals surface area contributed by atoms with Gasteiger partial charge in [0.15, 0.2) is 5.78 Å². The Kier molecular flexibility index (Phi) is 5.02. The van der Waals surface area contributed by atoms with Gasteiger partial charge < -0.3 is 13.9 Å². The maximum Gasteiger partial charge on any atom is 0.374 e. The Balaban J connectivity index is 1.97. The van der Waals surface area contributed by atoms with Crippen LogP contribution < -0.4 is 4.74 Å². The molecule has 6 heteroatoms. The number of carbonyl (C=O) groups excluding carboxylic acids is 2. The van der Waals surface area contributed by atoms with Crippen LogP contribution in [0.4, 0.5) is 4.39 Å². The maximum absolute atomic E-state index is 13.4. The molecule has 0 saturated heterocycles. The fourth-order valence-electron chi connectivity index (χ4n) is 2.66. The van der Waals surface area contributed by atoms with Crippen molar-refractivity contribution in [2.45, 2.75) is 20.5 Å². The van der Waals surface area contributed by atoms with E-state index in [1.54, 1.807) is 25.1 Å². The van der Waals surface area contributed by atoms with Gasteiger partial charge in [0.05, 0.1) is 17.7 Å². The van der Waals surface area contributed by atoms with Crippen LogP contribution in [-0.4, -0.2) is 18.4 Å². The highest BCUT2D eigenvalue weighted by atomic mass is 19.1.